The molecule has 1 aliphatic carbocycles. The minimum absolute atomic E-state index is 0.937. The smallest absolute Gasteiger partial charge is 0.0106 e. The van der Waals surface area contributed by atoms with E-state index >= 15 is 0 Å². The Morgan fingerprint density at radius 3 is 2.76 bits per heavy atom. The molecule has 0 bridgehead atoms. The molecule has 1 aromatic rings. The average Bonchev–Trinajstić information content (AvgIpc) is 2.76. The second-order valence-corrected chi connectivity index (χ2v) is 6.32. The Morgan fingerprint density at radius 2 is 2.06 bits per heavy atom. The third kappa shape index (κ3) is 4.72. The molecule has 0 spiro atoms. The van der Waals surface area contributed by atoms with E-state index in [1.165, 1.54) is 36.5 Å². The first-order valence-corrected chi connectivity index (χ1v) is 7.71. The average molecular weight is 249 g/mol. The second-order valence-electron chi connectivity index (χ2n) is 5.15. The van der Waals surface area contributed by atoms with Crippen LogP contribution in [-0.2, 0) is 0 Å². The number of rotatable bonds is 6. The Hall–Kier alpha value is -0.470. The van der Waals surface area contributed by atoms with E-state index in [2.05, 4.69) is 42.6 Å². The maximum atomic E-state index is 3.60. The van der Waals surface area contributed by atoms with Gasteiger partial charge < -0.3 is 5.32 Å². The molecule has 0 aliphatic heterocycles. The fraction of sp³-hybridized carbons (Fsp3) is 0.600. The van der Waals surface area contributed by atoms with Crippen LogP contribution in [0.25, 0.3) is 0 Å². The van der Waals surface area contributed by atoms with E-state index < -0.39 is 0 Å². The molecule has 1 nitrogen and oxygen atoms in total. The molecule has 1 N–H and O–H groups in total. The Bertz CT molecular complexity index is 312. The highest BCUT2D eigenvalue weighted by Gasteiger charge is 2.20. The highest BCUT2D eigenvalue weighted by atomic mass is 32.2. The Kier molecular flexibility index (Phi) is 5.40. The molecular weight excluding hydrogens is 226 g/mol. The van der Waals surface area contributed by atoms with Crippen molar-refractivity contribution in [2.75, 3.05) is 18.8 Å². The first-order valence-electron chi connectivity index (χ1n) is 6.73. The van der Waals surface area contributed by atoms with Crippen molar-refractivity contribution in [3.8, 4) is 0 Å². The zero-order valence-corrected chi connectivity index (χ0v) is 11.5. The predicted octanol–water partition coefficient (Wildman–Crippen LogP) is 3.80. The van der Waals surface area contributed by atoms with Gasteiger partial charge >= 0.3 is 0 Å². The minimum Gasteiger partial charge on any atom is -0.316 e. The van der Waals surface area contributed by atoms with Crippen molar-refractivity contribution in [2.45, 2.75) is 31.1 Å². The molecule has 0 heterocycles. The van der Waals surface area contributed by atoms with Crippen LogP contribution in [0.3, 0.4) is 0 Å². The minimum atomic E-state index is 0.937. The summed E-state index contributed by atoms with van der Waals surface area (Å²) < 4.78 is 0. The van der Waals surface area contributed by atoms with Crippen LogP contribution < -0.4 is 5.32 Å². The first-order chi connectivity index (χ1) is 8.34. The van der Waals surface area contributed by atoms with Gasteiger partial charge in [0, 0.05) is 17.2 Å². The maximum absolute atomic E-state index is 3.60. The van der Waals surface area contributed by atoms with Gasteiger partial charge in [-0.2, -0.15) is 0 Å². The van der Waals surface area contributed by atoms with E-state index in [-0.39, 0.29) is 0 Å². The van der Waals surface area contributed by atoms with Crippen LogP contribution in [0.1, 0.15) is 26.2 Å². The van der Waals surface area contributed by atoms with Gasteiger partial charge in [0.1, 0.15) is 0 Å². The quantitative estimate of drug-likeness (QED) is 0.608. The van der Waals surface area contributed by atoms with Crippen LogP contribution in [0.15, 0.2) is 35.2 Å². The standard InChI is InChI=1S/C15H23NS/c1-13-7-8-14(11-13)12-16-9-10-17-15-5-3-2-4-6-15/h2-6,13-14,16H,7-12H2,1H3. The fourth-order valence-electron chi connectivity index (χ4n) is 2.57. The molecule has 1 aliphatic rings. The molecule has 0 aromatic heterocycles. The molecular formula is C15H23NS. The summed E-state index contributed by atoms with van der Waals surface area (Å²) in [7, 11) is 0. The number of thioether (sulfide) groups is 1. The molecule has 2 unspecified atom stereocenters. The molecule has 1 fully saturated rings. The third-order valence-electron chi connectivity index (χ3n) is 3.53. The van der Waals surface area contributed by atoms with Gasteiger partial charge in [-0.1, -0.05) is 31.5 Å². The van der Waals surface area contributed by atoms with Gasteiger partial charge in [0.2, 0.25) is 0 Å². The SMILES string of the molecule is CC1CCC(CNCCSc2ccccc2)C1. The number of benzene rings is 1. The van der Waals surface area contributed by atoms with Gasteiger partial charge in [-0.15, -0.1) is 11.8 Å². The van der Waals surface area contributed by atoms with Crippen LogP contribution in [-0.4, -0.2) is 18.8 Å². The van der Waals surface area contributed by atoms with Gasteiger partial charge in [-0.3, -0.25) is 0 Å². The molecule has 2 rings (SSSR count). The van der Waals surface area contributed by atoms with Crippen LogP contribution in [0, 0.1) is 11.8 Å². The largest absolute Gasteiger partial charge is 0.316 e. The monoisotopic (exact) mass is 249 g/mol. The Balaban J connectivity index is 1.52. The lowest BCUT2D eigenvalue weighted by molar-refractivity contribution is 0.479. The first kappa shape index (κ1) is 13.0. The topological polar surface area (TPSA) is 12.0 Å². The number of nitrogens with one attached hydrogen (secondary N) is 1. The lowest BCUT2D eigenvalue weighted by Crippen LogP contribution is -2.23. The Labute approximate surface area is 109 Å². The van der Waals surface area contributed by atoms with Crippen molar-refractivity contribution >= 4 is 11.8 Å². The second kappa shape index (κ2) is 7.07. The molecule has 0 radical (unpaired) electrons. The van der Waals surface area contributed by atoms with E-state index in [9.17, 15) is 0 Å². The highest BCUT2D eigenvalue weighted by molar-refractivity contribution is 7.99. The van der Waals surface area contributed by atoms with E-state index in [4.69, 9.17) is 0 Å². The summed E-state index contributed by atoms with van der Waals surface area (Å²) in [5.74, 6) is 3.07. The molecule has 0 saturated heterocycles. The van der Waals surface area contributed by atoms with Crippen molar-refractivity contribution in [1.29, 1.82) is 0 Å². The van der Waals surface area contributed by atoms with E-state index in [1.807, 2.05) is 11.8 Å². The normalized spacial score (nSPS) is 24.1. The highest BCUT2D eigenvalue weighted by Crippen LogP contribution is 2.29. The summed E-state index contributed by atoms with van der Waals surface area (Å²) in [5.41, 5.74) is 0. The zero-order valence-electron chi connectivity index (χ0n) is 10.7. The molecule has 94 valence electrons. The zero-order chi connectivity index (χ0) is 11.9. The number of hydrogen-bond acceptors (Lipinski definition) is 2. The van der Waals surface area contributed by atoms with E-state index in [1.54, 1.807) is 0 Å². The van der Waals surface area contributed by atoms with Gasteiger partial charge in [0.25, 0.3) is 0 Å². The lowest BCUT2D eigenvalue weighted by Gasteiger charge is -2.10. The maximum Gasteiger partial charge on any atom is 0.0106 e. The van der Waals surface area contributed by atoms with Gasteiger partial charge in [-0.05, 0) is 43.4 Å². The third-order valence-corrected chi connectivity index (χ3v) is 4.54. The summed E-state index contributed by atoms with van der Waals surface area (Å²) in [6.07, 6.45) is 4.30. The van der Waals surface area contributed by atoms with Crippen LogP contribution >= 0.6 is 11.8 Å². The van der Waals surface area contributed by atoms with E-state index in [0.29, 0.717) is 0 Å². The van der Waals surface area contributed by atoms with Gasteiger partial charge in [0.15, 0.2) is 0 Å². The van der Waals surface area contributed by atoms with Crippen molar-refractivity contribution in [3.05, 3.63) is 30.3 Å². The summed E-state index contributed by atoms with van der Waals surface area (Å²) in [6, 6.07) is 10.7. The molecule has 2 atom stereocenters. The fourth-order valence-corrected chi connectivity index (χ4v) is 3.41. The molecule has 17 heavy (non-hydrogen) atoms. The molecule has 0 amide bonds. The molecule has 2 heteroatoms. The predicted molar refractivity (Wildman–Crippen MR) is 76.5 cm³/mol. The molecule has 1 aromatic carbocycles. The van der Waals surface area contributed by atoms with Crippen molar-refractivity contribution in [2.24, 2.45) is 11.8 Å². The van der Waals surface area contributed by atoms with Crippen molar-refractivity contribution in [3.63, 3.8) is 0 Å². The van der Waals surface area contributed by atoms with Crippen LogP contribution in [0.4, 0.5) is 0 Å². The van der Waals surface area contributed by atoms with Gasteiger partial charge in [0.05, 0.1) is 0 Å². The van der Waals surface area contributed by atoms with Crippen LogP contribution in [0.5, 0.6) is 0 Å². The van der Waals surface area contributed by atoms with Crippen LogP contribution in [0.2, 0.25) is 0 Å². The molecule has 1 saturated carbocycles. The lowest BCUT2D eigenvalue weighted by atomic mass is 10.1. The number of hydrogen-bond donors (Lipinski definition) is 1. The van der Waals surface area contributed by atoms with Gasteiger partial charge in [-0.25, -0.2) is 0 Å². The Morgan fingerprint density at radius 1 is 1.24 bits per heavy atom. The van der Waals surface area contributed by atoms with Crippen molar-refractivity contribution < 1.29 is 0 Å². The summed E-state index contributed by atoms with van der Waals surface area (Å²) >= 11 is 1.94. The van der Waals surface area contributed by atoms with Crippen molar-refractivity contribution in [1.82, 2.24) is 5.32 Å². The summed E-state index contributed by atoms with van der Waals surface area (Å²) in [5, 5.41) is 3.60. The summed E-state index contributed by atoms with van der Waals surface area (Å²) in [6.45, 7) is 4.73. The van der Waals surface area contributed by atoms with E-state index in [0.717, 1.165) is 18.4 Å². The summed E-state index contributed by atoms with van der Waals surface area (Å²) in [4.78, 5) is 1.38.